The Morgan fingerprint density at radius 1 is 0.857 bits per heavy atom. The Kier molecular flexibility index (Phi) is 2.08. The third-order valence-electron chi connectivity index (χ3n) is 3.99. The number of hydrogen-bond donors (Lipinski definition) is 0. The highest BCUT2D eigenvalue weighted by molar-refractivity contribution is 5.30. The summed E-state index contributed by atoms with van der Waals surface area (Å²) in [7, 11) is 0. The van der Waals surface area contributed by atoms with Gasteiger partial charge in [-0.25, -0.2) is 0 Å². The summed E-state index contributed by atoms with van der Waals surface area (Å²) < 4.78 is 0. The van der Waals surface area contributed by atoms with Crippen molar-refractivity contribution in [1.29, 1.82) is 0 Å². The third-order valence-corrected chi connectivity index (χ3v) is 3.99. The van der Waals surface area contributed by atoms with Gasteiger partial charge in [-0.1, -0.05) is 31.0 Å². The van der Waals surface area contributed by atoms with Crippen molar-refractivity contribution in [2.24, 2.45) is 0 Å². The lowest BCUT2D eigenvalue weighted by Crippen LogP contribution is -2.12. The van der Waals surface area contributed by atoms with Crippen LogP contribution in [0.1, 0.15) is 61.5 Å². The van der Waals surface area contributed by atoms with E-state index in [-0.39, 0.29) is 0 Å². The lowest BCUT2D eigenvalue weighted by atomic mass is 9.76. The number of rotatable bonds is 2. The first-order valence-electron chi connectivity index (χ1n) is 5.94. The van der Waals surface area contributed by atoms with Crippen LogP contribution >= 0.6 is 0 Å². The summed E-state index contributed by atoms with van der Waals surface area (Å²) in [5.74, 6) is 1.73. The Morgan fingerprint density at radius 2 is 1.36 bits per heavy atom. The molecule has 3 rings (SSSR count). The van der Waals surface area contributed by atoms with Gasteiger partial charge in [0.2, 0.25) is 0 Å². The first kappa shape index (κ1) is 8.52. The third kappa shape index (κ3) is 1.37. The zero-order chi connectivity index (χ0) is 9.38. The molecule has 0 spiro atoms. The van der Waals surface area contributed by atoms with E-state index in [4.69, 9.17) is 0 Å². The summed E-state index contributed by atoms with van der Waals surface area (Å²) in [6.07, 6.45) is 8.48. The molecule has 0 amide bonds. The molecule has 0 unspecified atom stereocenters. The summed E-state index contributed by atoms with van der Waals surface area (Å²) >= 11 is 0. The van der Waals surface area contributed by atoms with Crippen molar-refractivity contribution in [2.75, 3.05) is 0 Å². The molecule has 1 radical (unpaired) electrons. The van der Waals surface area contributed by atoms with Gasteiger partial charge in [0, 0.05) is 0 Å². The molecule has 73 valence electrons. The number of hydrogen-bond acceptors (Lipinski definition) is 0. The van der Waals surface area contributed by atoms with E-state index in [0.717, 1.165) is 11.8 Å². The van der Waals surface area contributed by atoms with Gasteiger partial charge < -0.3 is 0 Å². The van der Waals surface area contributed by atoms with Gasteiger partial charge in [0.05, 0.1) is 0 Å². The van der Waals surface area contributed by atoms with Crippen molar-refractivity contribution in [2.45, 2.75) is 50.4 Å². The first-order chi connectivity index (χ1) is 6.93. The number of benzene rings is 1. The van der Waals surface area contributed by atoms with E-state index in [1.807, 2.05) is 0 Å². The summed E-state index contributed by atoms with van der Waals surface area (Å²) in [4.78, 5) is 0. The minimum Gasteiger partial charge on any atom is -0.0552 e. The maximum absolute atomic E-state index is 3.33. The summed E-state index contributed by atoms with van der Waals surface area (Å²) in [6.45, 7) is 0. The zero-order valence-corrected chi connectivity index (χ0v) is 8.63. The molecule has 0 aromatic heterocycles. The first-order valence-corrected chi connectivity index (χ1v) is 5.94. The predicted octanol–water partition coefficient (Wildman–Crippen LogP) is 4.02. The van der Waals surface area contributed by atoms with Crippen LogP contribution in [0, 0.1) is 6.07 Å². The average molecular weight is 185 g/mol. The molecule has 1 aromatic carbocycles. The van der Waals surface area contributed by atoms with Crippen LogP contribution in [0.4, 0.5) is 0 Å². The Bertz CT molecular complexity index is 289. The molecule has 0 aliphatic heterocycles. The van der Waals surface area contributed by atoms with E-state index in [1.165, 1.54) is 38.5 Å². The Morgan fingerprint density at radius 3 is 1.71 bits per heavy atom. The van der Waals surface area contributed by atoms with Gasteiger partial charge in [0.25, 0.3) is 0 Å². The maximum atomic E-state index is 3.33. The van der Waals surface area contributed by atoms with Crippen molar-refractivity contribution in [1.82, 2.24) is 0 Å². The lowest BCUT2D eigenvalue weighted by Gasteiger charge is -2.29. The van der Waals surface area contributed by atoms with Gasteiger partial charge in [-0.05, 0) is 54.7 Å². The molecular formula is C14H17. The molecule has 0 nitrogen and oxygen atoms in total. The fourth-order valence-electron chi connectivity index (χ4n) is 2.46. The molecule has 0 heterocycles. The van der Waals surface area contributed by atoms with Crippen molar-refractivity contribution in [3.63, 3.8) is 0 Å². The monoisotopic (exact) mass is 185 g/mol. The fourth-order valence-corrected chi connectivity index (χ4v) is 2.46. The normalized spacial score (nSPS) is 22.9. The van der Waals surface area contributed by atoms with Crippen LogP contribution in [0.5, 0.6) is 0 Å². The Balaban J connectivity index is 1.82. The summed E-state index contributed by atoms with van der Waals surface area (Å²) in [5.41, 5.74) is 3.11. The molecule has 0 saturated heterocycles. The van der Waals surface area contributed by atoms with Gasteiger partial charge in [0.1, 0.15) is 0 Å². The predicted molar refractivity (Wildman–Crippen MR) is 58.5 cm³/mol. The molecule has 0 heteroatoms. The maximum Gasteiger partial charge on any atom is -0.0162 e. The molecule has 2 aliphatic carbocycles. The highest BCUT2D eigenvalue weighted by Gasteiger charge is 2.23. The largest absolute Gasteiger partial charge is 0.0552 e. The minimum absolute atomic E-state index is 0.867. The van der Waals surface area contributed by atoms with E-state index < -0.39 is 0 Å². The van der Waals surface area contributed by atoms with Crippen LogP contribution in [0.25, 0.3) is 0 Å². The fraction of sp³-hybridized carbons (Fsp3) is 0.571. The van der Waals surface area contributed by atoms with Crippen LogP contribution in [-0.4, -0.2) is 0 Å². The molecule has 0 N–H and O–H groups in total. The molecule has 14 heavy (non-hydrogen) atoms. The highest BCUT2D eigenvalue weighted by Crippen LogP contribution is 2.40. The molecule has 2 fully saturated rings. The van der Waals surface area contributed by atoms with Gasteiger partial charge >= 0.3 is 0 Å². The van der Waals surface area contributed by atoms with E-state index in [0.29, 0.717) is 0 Å². The molecule has 2 saturated carbocycles. The van der Waals surface area contributed by atoms with Crippen LogP contribution in [0.3, 0.4) is 0 Å². The topological polar surface area (TPSA) is 0 Å². The molecule has 2 aliphatic rings. The van der Waals surface area contributed by atoms with Crippen molar-refractivity contribution >= 4 is 0 Å². The second-order valence-electron chi connectivity index (χ2n) is 4.86. The van der Waals surface area contributed by atoms with E-state index in [9.17, 15) is 0 Å². The second kappa shape index (κ2) is 3.42. The van der Waals surface area contributed by atoms with Gasteiger partial charge in [-0.2, -0.15) is 0 Å². The summed E-state index contributed by atoms with van der Waals surface area (Å²) in [6, 6.07) is 10.2. The van der Waals surface area contributed by atoms with E-state index >= 15 is 0 Å². The van der Waals surface area contributed by atoms with Crippen LogP contribution in [0.15, 0.2) is 18.2 Å². The van der Waals surface area contributed by atoms with E-state index in [2.05, 4.69) is 24.3 Å². The Hall–Kier alpha value is -0.780. The van der Waals surface area contributed by atoms with Gasteiger partial charge in [-0.3, -0.25) is 0 Å². The van der Waals surface area contributed by atoms with Crippen molar-refractivity contribution in [3.05, 3.63) is 35.4 Å². The SMILES string of the molecule is [c]1cc(C2CCC2)cc(C2CCC2)c1. The smallest absolute Gasteiger partial charge is 0.0162 e. The quantitative estimate of drug-likeness (QED) is 0.652. The van der Waals surface area contributed by atoms with Crippen molar-refractivity contribution in [3.8, 4) is 0 Å². The lowest BCUT2D eigenvalue weighted by molar-refractivity contribution is 0.409. The Labute approximate surface area is 86.3 Å². The zero-order valence-electron chi connectivity index (χ0n) is 8.63. The van der Waals surface area contributed by atoms with Crippen LogP contribution in [-0.2, 0) is 0 Å². The van der Waals surface area contributed by atoms with Gasteiger partial charge in [-0.15, -0.1) is 0 Å². The van der Waals surface area contributed by atoms with Crippen LogP contribution < -0.4 is 0 Å². The van der Waals surface area contributed by atoms with E-state index in [1.54, 1.807) is 11.1 Å². The van der Waals surface area contributed by atoms with Crippen LogP contribution in [0.2, 0.25) is 0 Å². The minimum atomic E-state index is 0.867. The molecule has 0 bridgehead atoms. The second-order valence-corrected chi connectivity index (χ2v) is 4.86. The molecular weight excluding hydrogens is 168 g/mol. The molecule has 0 atom stereocenters. The van der Waals surface area contributed by atoms with Gasteiger partial charge in [0.15, 0.2) is 0 Å². The standard InChI is InChI=1S/C14H17/c1-4-11(5-1)13-8-3-9-14(10-13)12-6-2-7-12/h8-12H,1-2,4-7H2. The highest BCUT2D eigenvalue weighted by atomic mass is 14.3. The summed E-state index contributed by atoms with van der Waals surface area (Å²) in [5, 5.41) is 0. The molecule has 1 aromatic rings. The average Bonchev–Trinajstić information content (AvgIpc) is 1.98. The van der Waals surface area contributed by atoms with Crippen molar-refractivity contribution < 1.29 is 0 Å².